The van der Waals surface area contributed by atoms with Gasteiger partial charge in [-0.25, -0.2) is 0 Å². The van der Waals surface area contributed by atoms with Crippen LogP contribution in [-0.4, -0.2) is 54.4 Å². The topological polar surface area (TPSA) is 75.8 Å². The van der Waals surface area contributed by atoms with Crippen molar-refractivity contribution in [3.8, 4) is 0 Å². The Morgan fingerprint density at radius 2 is 2.33 bits per heavy atom. The lowest BCUT2D eigenvalue weighted by atomic mass is 9.71. The molecule has 1 saturated heterocycles. The molecule has 2 fully saturated rings. The molecule has 3 atom stereocenters. The Labute approximate surface area is 108 Å². The molecule has 5 heteroatoms. The van der Waals surface area contributed by atoms with Gasteiger partial charge in [-0.3, -0.25) is 4.79 Å². The standard InChI is InChI=1S/C13H24N2O3/c1-18-11(8-14)12(16)15-7-6-13(17)5-3-2-4-10(13)9-15/h10-11,17H,2-9,14H2,1H3. The molecule has 1 saturated carbocycles. The van der Waals surface area contributed by atoms with E-state index in [9.17, 15) is 9.90 Å². The maximum atomic E-state index is 12.2. The van der Waals surface area contributed by atoms with Crippen molar-refractivity contribution in [1.29, 1.82) is 0 Å². The summed E-state index contributed by atoms with van der Waals surface area (Å²) in [4.78, 5) is 14.0. The van der Waals surface area contributed by atoms with Gasteiger partial charge in [-0.15, -0.1) is 0 Å². The van der Waals surface area contributed by atoms with Crippen molar-refractivity contribution in [2.75, 3.05) is 26.7 Å². The molecule has 104 valence electrons. The number of ether oxygens (including phenoxy) is 1. The number of rotatable bonds is 3. The van der Waals surface area contributed by atoms with Crippen molar-refractivity contribution in [2.45, 2.75) is 43.8 Å². The molecule has 1 aliphatic heterocycles. The number of methoxy groups -OCH3 is 1. The molecule has 18 heavy (non-hydrogen) atoms. The van der Waals surface area contributed by atoms with Crippen LogP contribution in [0.1, 0.15) is 32.1 Å². The fraction of sp³-hybridized carbons (Fsp3) is 0.923. The zero-order valence-corrected chi connectivity index (χ0v) is 11.1. The van der Waals surface area contributed by atoms with E-state index in [1.165, 1.54) is 7.11 Å². The fourth-order valence-electron chi connectivity index (χ4n) is 3.27. The normalized spacial score (nSPS) is 33.9. The summed E-state index contributed by atoms with van der Waals surface area (Å²) in [6.45, 7) is 1.47. The van der Waals surface area contributed by atoms with Crippen molar-refractivity contribution in [3.05, 3.63) is 0 Å². The van der Waals surface area contributed by atoms with Crippen LogP contribution in [0.3, 0.4) is 0 Å². The summed E-state index contributed by atoms with van der Waals surface area (Å²) >= 11 is 0. The number of nitrogens with zero attached hydrogens (tertiary/aromatic N) is 1. The first-order chi connectivity index (χ1) is 8.60. The van der Waals surface area contributed by atoms with Crippen LogP contribution in [0.25, 0.3) is 0 Å². The van der Waals surface area contributed by atoms with E-state index in [4.69, 9.17) is 10.5 Å². The van der Waals surface area contributed by atoms with Crippen LogP contribution in [0.5, 0.6) is 0 Å². The first-order valence-electron chi connectivity index (χ1n) is 6.85. The van der Waals surface area contributed by atoms with Crippen LogP contribution in [0.4, 0.5) is 0 Å². The lowest BCUT2D eigenvalue weighted by Gasteiger charge is -2.47. The third kappa shape index (κ3) is 2.53. The van der Waals surface area contributed by atoms with Crippen LogP contribution in [0.15, 0.2) is 0 Å². The van der Waals surface area contributed by atoms with E-state index < -0.39 is 11.7 Å². The minimum atomic E-state index is -0.542. The Bertz CT molecular complexity index is 307. The number of likely N-dealkylation sites (tertiary alicyclic amines) is 1. The number of hydrogen-bond acceptors (Lipinski definition) is 4. The maximum Gasteiger partial charge on any atom is 0.253 e. The van der Waals surface area contributed by atoms with E-state index in [0.717, 1.165) is 25.7 Å². The number of fused-ring (bicyclic) bond motifs is 1. The van der Waals surface area contributed by atoms with Gasteiger partial charge in [0.1, 0.15) is 6.10 Å². The molecular weight excluding hydrogens is 232 g/mol. The maximum absolute atomic E-state index is 12.2. The highest BCUT2D eigenvalue weighted by molar-refractivity contribution is 5.81. The molecule has 1 aliphatic carbocycles. The van der Waals surface area contributed by atoms with Crippen molar-refractivity contribution < 1.29 is 14.6 Å². The van der Waals surface area contributed by atoms with Crippen molar-refractivity contribution >= 4 is 5.91 Å². The molecule has 0 spiro atoms. The number of nitrogens with two attached hydrogens (primary N) is 1. The zero-order valence-electron chi connectivity index (χ0n) is 11.1. The molecular formula is C13H24N2O3. The minimum absolute atomic E-state index is 0.0346. The summed E-state index contributed by atoms with van der Waals surface area (Å²) in [6.07, 6.45) is 4.29. The molecule has 1 heterocycles. The summed E-state index contributed by atoms with van der Waals surface area (Å²) in [5.41, 5.74) is 4.99. The van der Waals surface area contributed by atoms with E-state index in [-0.39, 0.29) is 18.4 Å². The number of carbonyl (C=O) groups is 1. The summed E-state index contributed by atoms with van der Waals surface area (Å²) in [5, 5.41) is 10.5. The number of hydrogen-bond donors (Lipinski definition) is 2. The highest BCUT2D eigenvalue weighted by Gasteiger charge is 2.44. The minimum Gasteiger partial charge on any atom is -0.389 e. The molecule has 3 N–H and O–H groups in total. The summed E-state index contributed by atoms with van der Waals surface area (Å²) in [6, 6.07) is 0. The van der Waals surface area contributed by atoms with E-state index in [1.54, 1.807) is 0 Å². The van der Waals surface area contributed by atoms with Crippen LogP contribution >= 0.6 is 0 Å². The van der Waals surface area contributed by atoms with Crippen LogP contribution in [0, 0.1) is 5.92 Å². The van der Waals surface area contributed by atoms with Crippen molar-refractivity contribution in [1.82, 2.24) is 4.90 Å². The molecule has 3 unspecified atom stereocenters. The molecule has 5 nitrogen and oxygen atoms in total. The number of amides is 1. The Morgan fingerprint density at radius 1 is 1.56 bits per heavy atom. The van der Waals surface area contributed by atoms with Gasteiger partial charge < -0.3 is 20.5 Å². The van der Waals surface area contributed by atoms with Crippen LogP contribution < -0.4 is 5.73 Å². The Balaban J connectivity index is 2.00. The van der Waals surface area contributed by atoms with Gasteiger partial charge >= 0.3 is 0 Å². The molecule has 2 aliphatic rings. The largest absolute Gasteiger partial charge is 0.389 e. The average molecular weight is 256 g/mol. The third-order valence-corrected chi connectivity index (χ3v) is 4.51. The lowest BCUT2D eigenvalue weighted by molar-refractivity contribution is -0.152. The highest BCUT2D eigenvalue weighted by atomic mass is 16.5. The summed E-state index contributed by atoms with van der Waals surface area (Å²) in [7, 11) is 1.51. The van der Waals surface area contributed by atoms with Gasteiger partial charge in [0.15, 0.2) is 0 Å². The van der Waals surface area contributed by atoms with Gasteiger partial charge in [0.25, 0.3) is 5.91 Å². The number of carbonyl (C=O) groups excluding carboxylic acids is 1. The highest BCUT2D eigenvalue weighted by Crippen LogP contribution is 2.39. The zero-order chi connectivity index (χ0) is 13.2. The Hall–Kier alpha value is -0.650. The predicted octanol–water partition coefficient (Wildman–Crippen LogP) is 0.114. The summed E-state index contributed by atoms with van der Waals surface area (Å²) in [5.74, 6) is 0.187. The molecule has 1 amide bonds. The van der Waals surface area contributed by atoms with E-state index >= 15 is 0 Å². The van der Waals surface area contributed by atoms with Crippen LogP contribution in [-0.2, 0) is 9.53 Å². The number of aliphatic hydroxyl groups is 1. The van der Waals surface area contributed by atoms with Gasteiger partial charge in [-0.1, -0.05) is 12.8 Å². The van der Waals surface area contributed by atoms with E-state index in [0.29, 0.717) is 19.5 Å². The fourth-order valence-corrected chi connectivity index (χ4v) is 3.27. The molecule has 0 aromatic carbocycles. The second kappa shape index (κ2) is 5.55. The molecule has 0 radical (unpaired) electrons. The second-order valence-corrected chi connectivity index (χ2v) is 5.54. The van der Waals surface area contributed by atoms with Crippen molar-refractivity contribution in [2.24, 2.45) is 11.7 Å². The number of piperidine rings is 1. The first-order valence-corrected chi connectivity index (χ1v) is 6.85. The Kier molecular flexibility index (Phi) is 4.25. The SMILES string of the molecule is COC(CN)C(=O)N1CCC2(O)CCCCC2C1. The van der Waals surface area contributed by atoms with Gasteiger partial charge in [0, 0.05) is 32.7 Å². The lowest BCUT2D eigenvalue weighted by Crippen LogP contribution is -2.57. The van der Waals surface area contributed by atoms with Gasteiger partial charge in [-0.05, 0) is 19.3 Å². The van der Waals surface area contributed by atoms with Crippen LogP contribution in [0.2, 0.25) is 0 Å². The average Bonchev–Trinajstić information content (AvgIpc) is 2.39. The Morgan fingerprint density at radius 3 is 3.00 bits per heavy atom. The molecule has 0 aromatic rings. The smallest absolute Gasteiger partial charge is 0.253 e. The predicted molar refractivity (Wildman–Crippen MR) is 68.0 cm³/mol. The molecule has 0 aromatic heterocycles. The van der Waals surface area contributed by atoms with Gasteiger partial charge in [-0.2, -0.15) is 0 Å². The van der Waals surface area contributed by atoms with Crippen molar-refractivity contribution in [3.63, 3.8) is 0 Å². The van der Waals surface area contributed by atoms with Gasteiger partial charge in [0.05, 0.1) is 5.60 Å². The first kappa shape index (κ1) is 13.8. The van der Waals surface area contributed by atoms with E-state index in [2.05, 4.69) is 0 Å². The van der Waals surface area contributed by atoms with Gasteiger partial charge in [0.2, 0.25) is 0 Å². The quantitative estimate of drug-likeness (QED) is 0.751. The third-order valence-electron chi connectivity index (χ3n) is 4.51. The molecule has 0 bridgehead atoms. The van der Waals surface area contributed by atoms with E-state index in [1.807, 2.05) is 4.90 Å². The molecule has 2 rings (SSSR count). The summed E-state index contributed by atoms with van der Waals surface area (Å²) < 4.78 is 5.10. The second-order valence-electron chi connectivity index (χ2n) is 5.54. The monoisotopic (exact) mass is 256 g/mol.